The second-order valence-corrected chi connectivity index (χ2v) is 8.86. The van der Waals surface area contributed by atoms with Gasteiger partial charge in [0.25, 0.3) is 0 Å². The van der Waals surface area contributed by atoms with E-state index in [2.05, 4.69) is 15.3 Å². The number of nitrogens with one attached hydrogen (secondary N) is 1. The monoisotopic (exact) mass is 422 g/mol. The van der Waals surface area contributed by atoms with Crippen LogP contribution in [0.1, 0.15) is 0 Å². The summed E-state index contributed by atoms with van der Waals surface area (Å²) in [5, 5.41) is 5.18. The van der Waals surface area contributed by atoms with Crippen LogP contribution in [0.15, 0.2) is 58.9 Å². The van der Waals surface area contributed by atoms with Crippen LogP contribution in [0, 0.1) is 0 Å². The first-order chi connectivity index (χ1) is 12.9. The Morgan fingerprint density at radius 1 is 1.19 bits per heavy atom. The number of carbonyl (C=O) groups excluding carboxylic acids is 1. The molecular weight excluding hydrogens is 408 g/mol. The maximum Gasteiger partial charge on any atom is 0.243 e. The van der Waals surface area contributed by atoms with E-state index in [1.165, 1.54) is 42.6 Å². The van der Waals surface area contributed by atoms with Crippen LogP contribution in [-0.4, -0.2) is 42.2 Å². The van der Waals surface area contributed by atoms with Crippen molar-refractivity contribution in [1.29, 1.82) is 0 Å². The van der Waals surface area contributed by atoms with E-state index in [-0.39, 0.29) is 11.4 Å². The van der Waals surface area contributed by atoms with E-state index in [1.807, 2.05) is 12.1 Å². The van der Waals surface area contributed by atoms with Gasteiger partial charge in [-0.25, -0.2) is 13.4 Å². The van der Waals surface area contributed by atoms with Crippen molar-refractivity contribution in [2.45, 2.75) is 4.90 Å². The normalized spacial score (nSPS) is 11.5. The lowest BCUT2D eigenvalue weighted by atomic mass is 10.3. The Hall–Kier alpha value is -2.33. The molecule has 0 bridgehead atoms. The second-order valence-electron chi connectivity index (χ2n) is 5.52. The van der Waals surface area contributed by atoms with Crippen LogP contribution >= 0.6 is 22.9 Å². The number of pyridine rings is 1. The minimum Gasteiger partial charge on any atom is -0.301 e. The Bertz CT molecular complexity index is 1040. The van der Waals surface area contributed by atoms with Gasteiger partial charge in [-0.2, -0.15) is 4.31 Å². The number of hydrogen-bond donors (Lipinski definition) is 1. The number of sulfonamides is 1. The van der Waals surface area contributed by atoms with Crippen molar-refractivity contribution in [2.24, 2.45) is 0 Å². The zero-order chi connectivity index (χ0) is 19.4. The number of amides is 1. The van der Waals surface area contributed by atoms with Crippen LogP contribution in [0.4, 0.5) is 5.13 Å². The molecule has 2 aromatic heterocycles. The van der Waals surface area contributed by atoms with Crippen LogP contribution in [0.25, 0.3) is 11.4 Å². The van der Waals surface area contributed by atoms with Crippen molar-refractivity contribution in [1.82, 2.24) is 14.3 Å². The molecule has 2 heterocycles. The molecule has 0 atom stereocenters. The van der Waals surface area contributed by atoms with Gasteiger partial charge < -0.3 is 5.32 Å². The average molecular weight is 423 g/mol. The first kappa shape index (κ1) is 19.4. The molecule has 0 radical (unpaired) electrons. The van der Waals surface area contributed by atoms with E-state index in [4.69, 9.17) is 11.6 Å². The van der Waals surface area contributed by atoms with Gasteiger partial charge in [0.1, 0.15) is 5.69 Å². The summed E-state index contributed by atoms with van der Waals surface area (Å²) < 4.78 is 26.0. The van der Waals surface area contributed by atoms with Crippen LogP contribution in [0.3, 0.4) is 0 Å². The molecule has 0 spiro atoms. The molecular formula is C17H15ClN4O3S2. The van der Waals surface area contributed by atoms with Crippen LogP contribution in [0.2, 0.25) is 5.02 Å². The van der Waals surface area contributed by atoms with E-state index in [1.54, 1.807) is 17.6 Å². The summed E-state index contributed by atoms with van der Waals surface area (Å²) in [4.78, 5) is 20.8. The topological polar surface area (TPSA) is 92.3 Å². The third-order valence-electron chi connectivity index (χ3n) is 3.57. The van der Waals surface area contributed by atoms with Gasteiger partial charge >= 0.3 is 0 Å². The number of nitrogens with zero attached hydrogens (tertiary/aromatic N) is 3. The summed E-state index contributed by atoms with van der Waals surface area (Å²) in [6.45, 7) is -0.344. The first-order valence-electron chi connectivity index (χ1n) is 7.75. The fraction of sp³-hybridized carbons (Fsp3) is 0.118. The lowest BCUT2D eigenvalue weighted by molar-refractivity contribution is -0.116. The molecule has 3 rings (SSSR count). The van der Waals surface area contributed by atoms with Gasteiger partial charge in [-0.1, -0.05) is 17.7 Å². The highest BCUT2D eigenvalue weighted by molar-refractivity contribution is 7.89. The molecule has 1 aromatic carbocycles. The summed E-state index contributed by atoms with van der Waals surface area (Å²) >= 11 is 7.02. The number of thiazole rings is 1. The predicted octanol–water partition coefficient (Wildman–Crippen LogP) is 3.12. The number of carbonyl (C=O) groups is 1. The molecule has 0 fully saturated rings. The van der Waals surface area contributed by atoms with Crippen molar-refractivity contribution < 1.29 is 13.2 Å². The highest BCUT2D eigenvalue weighted by Gasteiger charge is 2.23. The van der Waals surface area contributed by atoms with Crippen LogP contribution in [0.5, 0.6) is 0 Å². The number of anilines is 1. The SMILES string of the molecule is CN(CC(=O)Nc1nc(-c2ccccn2)cs1)S(=O)(=O)c1ccc(Cl)cc1. The molecule has 0 aliphatic heterocycles. The van der Waals surface area contributed by atoms with Crippen molar-refractivity contribution >= 4 is 44.0 Å². The van der Waals surface area contributed by atoms with E-state index in [9.17, 15) is 13.2 Å². The average Bonchev–Trinajstić information content (AvgIpc) is 3.11. The Labute approximate surface area is 165 Å². The summed E-state index contributed by atoms with van der Waals surface area (Å²) in [5.41, 5.74) is 1.33. The fourth-order valence-electron chi connectivity index (χ4n) is 2.20. The van der Waals surface area contributed by atoms with Crippen molar-refractivity contribution in [3.63, 3.8) is 0 Å². The molecule has 10 heteroatoms. The fourth-order valence-corrected chi connectivity index (χ4v) is 4.17. The molecule has 0 aliphatic carbocycles. The summed E-state index contributed by atoms with van der Waals surface area (Å²) in [6.07, 6.45) is 1.66. The highest BCUT2D eigenvalue weighted by Crippen LogP contribution is 2.23. The lowest BCUT2D eigenvalue weighted by Crippen LogP contribution is -2.34. The Morgan fingerprint density at radius 2 is 1.93 bits per heavy atom. The third kappa shape index (κ3) is 4.69. The molecule has 27 heavy (non-hydrogen) atoms. The molecule has 1 amide bonds. The van der Waals surface area contributed by atoms with Gasteiger partial charge in [0.15, 0.2) is 5.13 Å². The molecule has 0 saturated heterocycles. The van der Waals surface area contributed by atoms with Gasteiger partial charge in [-0.3, -0.25) is 9.78 Å². The number of aromatic nitrogens is 2. The third-order valence-corrected chi connectivity index (χ3v) is 6.39. The second kappa shape index (κ2) is 8.13. The molecule has 7 nitrogen and oxygen atoms in total. The molecule has 140 valence electrons. The zero-order valence-corrected chi connectivity index (χ0v) is 16.6. The molecule has 0 saturated carbocycles. The maximum absolute atomic E-state index is 12.5. The standard InChI is InChI=1S/C17H15ClN4O3S2/c1-22(27(24,25)13-7-5-12(18)6-8-13)10-16(23)21-17-20-15(11-26-17)14-4-2-3-9-19-14/h2-9,11H,10H2,1H3,(H,20,21,23). The number of likely N-dealkylation sites (N-methyl/N-ethyl adjacent to an activating group) is 1. The Kier molecular flexibility index (Phi) is 5.85. The number of hydrogen-bond acceptors (Lipinski definition) is 6. The minimum atomic E-state index is -3.79. The minimum absolute atomic E-state index is 0.0638. The quantitative estimate of drug-likeness (QED) is 0.658. The maximum atomic E-state index is 12.5. The smallest absolute Gasteiger partial charge is 0.243 e. The van der Waals surface area contributed by atoms with E-state index in [0.717, 1.165) is 4.31 Å². The predicted molar refractivity (Wildman–Crippen MR) is 105 cm³/mol. The van der Waals surface area contributed by atoms with Crippen molar-refractivity contribution in [3.05, 3.63) is 59.1 Å². The van der Waals surface area contributed by atoms with Gasteiger partial charge in [0.05, 0.1) is 17.1 Å². The number of rotatable bonds is 6. The largest absolute Gasteiger partial charge is 0.301 e. The molecule has 0 unspecified atom stereocenters. The number of halogens is 1. The van der Waals surface area contributed by atoms with E-state index < -0.39 is 15.9 Å². The molecule has 0 aliphatic rings. The molecule has 1 N–H and O–H groups in total. The van der Waals surface area contributed by atoms with Gasteiger partial charge in [0, 0.05) is 23.6 Å². The van der Waals surface area contributed by atoms with Crippen LogP contribution in [-0.2, 0) is 14.8 Å². The lowest BCUT2D eigenvalue weighted by Gasteiger charge is -2.16. The van der Waals surface area contributed by atoms with Gasteiger partial charge in [0.2, 0.25) is 15.9 Å². The Morgan fingerprint density at radius 3 is 2.59 bits per heavy atom. The summed E-state index contributed by atoms with van der Waals surface area (Å²) in [6, 6.07) is 11.2. The van der Waals surface area contributed by atoms with Gasteiger partial charge in [-0.05, 0) is 36.4 Å². The summed E-state index contributed by atoms with van der Waals surface area (Å²) in [7, 11) is -2.46. The molecule has 3 aromatic rings. The van der Waals surface area contributed by atoms with E-state index >= 15 is 0 Å². The van der Waals surface area contributed by atoms with Crippen molar-refractivity contribution in [3.8, 4) is 11.4 Å². The zero-order valence-electron chi connectivity index (χ0n) is 14.2. The first-order valence-corrected chi connectivity index (χ1v) is 10.4. The van der Waals surface area contributed by atoms with E-state index in [0.29, 0.717) is 21.5 Å². The van der Waals surface area contributed by atoms with Crippen LogP contribution < -0.4 is 5.32 Å². The van der Waals surface area contributed by atoms with Crippen molar-refractivity contribution in [2.75, 3.05) is 18.9 Å². The Balaban J connectivity index is 1.65. The number of benzene rings is 1. The highest BCUT2D eigenvalue weighted by atomic mass is 35.5. The summed E-state index contributed by atoms with van der Waals surface area (Å²) in [5.74, 6) is -0.489. The van der Waals surface area contributed by atoms with Gasteiger partial charge in [-0.15, -0.1) is 11.3 Å².